The Hall–Kier alpha value is -1.26. The van der Waals surface area contributed by atoms with E-state index >= 15 is 0 Å². The molecular weight excluding hydrogens is 252 g/mol. The molecule has 4 nitrogen and oxygen atoms in total. The minimum absolute atomic E-state index is 0.142. The number of amides is 2. The lowest BCUT2D eigenvalue weighted by Gasteiger charge is -2.13. The maximum atomic E-state index is 11.7. The van der Waals surface area contributed by atoms with Gasteiger partial charge in [-0.3, -0.25) is 0 Å². The van der Waals surface area contributed by atoms with E-state index in [0.717, 1.165) is 25.0 Å². The summed E-state index contributed by atoms with van der Waals surface area (Å²) in [6, 6.07) is 5.26. The first-order chi connectivity index (χ1) is 8.66. The number of nitrogens with one attached hydrogen (secondary N) is 2. The smallest absolute Gasteiger partial charge is 0.319 e. The van der Waals surface area contributed by atoms with Gasteiger partial charge in [-0.15, -0.1) is 0 Å². The van der Waals surface area contributed by atoms with Crippen LogP contribution in [0.1, 0.15) is 18.4 Å². The van der Waals surface area contributed by atoms with Crippen molar-refractivity contribution in [2.75, 3.05) is 18.5 Å². The van der Waals surface area contributed by atoms with E-state index in [-0.39, 0.29) is 12.1 Å². The van der Waals surface area contributed by atoms with Crippen LogP contribution in [-0.2, 0) is 4.74 Å². The first kappa shape index (κ1) is 13.2. The highest BCUT2D eigenvalue weighted by Crippen LogP contribution is 2.24. The van der Waals surface area contributed by atoms with E-state index in [0.29, 0.717) is 17.3 Å². The molecule has 0 saturated carbocycles. The standard InChI is InChI=1S/C13H17ClN2O2/c1-9-4-2-6-11(14)12(9)16-13(17)15-8-10-5-3-7-18-10/h2,4,6,10H,3,5,7-8H2,1H3,(H2,15,16,17)/t10-/m1/s1. The molecule has 2 amide bonds. The van der Waals surface area contributed by atoms with Crippen LogP contribution >= 0.6 is 11.6 Å². The maximum Gasteiger partial charge on any atom is 0.319 e. The molecular formula is C13H17ClN2O2. The number of aryl methyl sites for hydroxylation is 1. The Morgan fingerprint density at radius 2 is 2.39 bits per heavy atom. The number of carbonyl (C=O) groups excluding carboxylic acids is 1. The van der Waals surface area contributed by atoms with Crippen molar-refractivity contribution >= 4 is 23.3 Å². The Balaban J connectivity index is 1.86. The molecule has 0 aromatic heterocycles. The van der Waals surface area contributed by atoms with E-state index in [2.05, 4.69) is 10.6 Å². The van der Waals surface area contributed by atoms with Crippen LogP contribution in [0.15, 0.2) is 18.2 Å². The summed E-state index contributed by atoms with van der Waals surface area (Å²) in [6.07, 6.45) is 2.21. The second kappa shape index (κ2) is 6.07. The molecule has 1 fully saturated rings. The molecule has 1 atom stereocenters. The van der Waals surface area contributed by atoms with Crippen LogP contribution in [0.3, 0.4) is 0 Å². The van der Waals surface area contributed by atoms with Crippen molar-refractivity contribution in [1.82, 2.24) is 5.32 Å². The number of hydrogen-bond donors (Lipinski definition) is 2. The number of anilines is 1. The van der Waals surface area contributed by atoms with Gasteiger partial charge in [-0.25, -0.2) is 4.79 Å². The summed E-state index contributed by atoms with van der Waals surface area (Å²) in [4.78, 5) is 11.7. The highest BCUT2D eigenvalue weighted by Gasteiger charge is 2.16. The van der Waals surface area contributed by atoms with E-state index in [1.54, 1.807) is 6.07 Å². The number of carbonyl (C=O) groups is 1. The van der Waals surface area contributed by atoms with Gasteiger partial charge in [0.2, 0.25) is 0 Å². The molecule has 0 unspecified atom stereocenters. The molecule has 1 aliphatic rings. The monoisotopic (exact) mass is 268 g/mol. The Morgan fingerprint density at radius 3 is 3.06 bits per heavy atom. The van der Waals surface area contributed by atoms with Crippen LogP contribution in [0.4, 0.5) is 10.5 Å². The van der Waals surface area contributed by atoms with Crippen LogP contribution in [0.5, 0.6) is 0 Å². The number of ether oxygens (including phenoxy) is 1. The summed E-state index contributed by atoms with van der Waals surface area (Å²) < 4.78 is 5.43. The quantitative estimate of drug-likeness (QED) is 0.886. The lowest BCUT2D eigenvalue weighted by atomic mass is 10.2. The van der Waals surface area contributed by atoms with Crippen molar-refractivity contribution in [3.8, 4) is 0 Å². The highest BCUT2D eigenvalue weighted by atomic mass is 35.5. The Labute approximate surface area is 112 Å². The van der Waals surface area contributed by atoms with E-state index < -0.39 is 0 Å². The van der Waals surface area contributed by atoms with Gasteiger partial charge in [0, 0.05) is 13.2 Å². The van der Waals surface area contributed by atoms with E-state index in [1.807, 2.05) is 19.1 Å². The number of hydrogen-bond acceptors (Lipinski definition) is 2. The van der Waals surface area contributed by atoms with Gasteiger partial charge in [0.25, 0.3) is 0 Å². The number of rotatable bonds is 3. The SMILES string of the molecule is Cc1cccc(Cl)c1NC(=O)NC[C@H]1CCCO1. The van der Waals surface area contributed by atoms with Crippen LogP contribution in [0.2, 0.25) is 5.02 Å². The molecule has 0 radical (unpaired) electrons. The van der Waals surface area contributed by atoms with E-state index in [4.69, 9.17) is 16.3 Å². The number of halogens is 1. The molecule has 2 rings (SSSR count). The molecule has 0 bridgehead atoms. The van der Waals surface area contributed by atoms with Gasteiger partial charge in [0.1, 0.15) is 0 Å². The Morgan fingerprint density at radius 1 is 1.56 bits per heavy atom. The summed E-state index contributed by atoms with van der Waals surface area (Å²) in [5.41, 5.74) is 1.60. The highest BCUT2D eigenvalue weighted by molar-refractivity contribution is 6.33. The van der Waals surface area contributed by atoms with Crippen molar-refractivity contribution in [2.45, 2.75) is 25.9 Å². The molecule has 1 aliphatic heterocycles. The normalized spacial score (nSPS) is 18.7. The number of urea groups is 1. The van der Waals surface area contributed by atoms with Gasteiger partial charge in [-0.1, -0.05) is 23.7 Å². The summed E-state index contributed by atoms with van der Waals surface area (Å²) in [5.74, 6) is 0. The fourth-order valence-corrected chi connectivity index (χ4v) is 2.23. The topological polar surface area (TPSA) is 50.4 Å². The average Bonchev–Trinajstić information content (AvgIpc) is 2.84. The van der Waals surface area contributed by atoms with Crippen molar-refractivity contribution in [3.05, 3.63) is 28.8 Å². The number of benzene rings is 1. The summed E-state index contributed by atoms with van der Waals surface area (Å²) in [5, 5.41) is 6.10. The molecule has 1 aromatic rings. The second-order valence-corrected chi connectivity index (χ2v) is 4.81. The molecule has 0 aliphatic carbocycles. The fraction of sp³-hybridized carbons (Fsp3) is 0.462. The predicted molar refractivity (Wildman–Crippen MR) is 72.2 cm³/mol. The van der Waals surface area contributed by atoms with Gasteiger partial charge in [0.15, 0.2) is 0 Å². The summed E-state index contributed by atoms with van der Waals surface area (Å²) >= 11 is 6.03. The lowest BCUT2D eigenvalue weighted by molar-refractivity contribution is 0.112. The van der Waals surface area contributed by atoms with Gasteiger partial charge in [0.05, 0.1) is 16.8 Å². The third kappa shape index (κ3) is 3.37. The molecule has 5 heteroatoms. The third-order valence-corrected chi connectivity index (χ3v) is 3.29. The Kier molecular flexibility index (Phi) is 4.44. The van der Waals surface area contributed by atoms with Gasteiger partial charge in [-0.2, -0.15) is 0 Å². The molecule has 18 heavy (non-hydrogen) atoms. The lowest BCUT2D eigenvalue weighted by Crippen LogP contribution is -2.35. The van der Waals surface area contributed by atoms with Gasteiger partial charge < -0.3 is 15.4 Å². The van der Waals surface area contributed by atoms with Crippen LogP contribution < -0.4 is 10.6 Å². The van der Waals surface area contributed by atoms with Gasteiger partial charge in [-0.05, 0) is 31.4 Å². The van der Waals surface area contributed by atoms with E-state index in [9.17, 15) is 4.79 Å². The minimum Gasteiger partial charge on any atom is -0.376 e. The molecule has 98 valence electrons. The number of para-hydroxylation sites is 1. The zero-order chi connectivity index (χ0) is 13.0. The zero-order valence-electron chi connectivity index (χ0n) is 10.3. The average molecular weight is 269 g/mol. The molecule has 0 spiro atoms. The van der Waals surface area contributed by atoms with E-state index in [1.165, 1.54) is 0 Å². The van der Waals surface area contributed by atoms with Crippen LogP contribution in [-0.4, -0.2) is 25.3 Å². The van der Waals surface area contributed by atoms with Crippen molar-refractivity contribution in [2.24, 2.45) is 0 Å². The molecule has 1 aromatic carbocycles. The largest absolute Gasteiger partial charge is 0.376 e. The maximum absolute atomic E-state index is 11.7. The summed E-state index contributed by atoms with van der Waals surface area (Å²) in [7, 11) is 0. The molecule has 2 N–H and O–H groups in total. The second-order valence-electron chi connectivity index (χ2n) is 4.40. The summed E-state index contributed by atoms with van der Waals surface area (Å²) in [6.45, 7) is 3.23. The van der Waals surface area contributed by atoms with Crippen molar-refractivity contribution in [1.29, 1.82) is 0 Å². The minimum atomic E-state index is -0.248. The van der Waals surface area contributed by atoms with Crippen molar-refractivity contribution in [3.63, 3.8) is 0 Å². The van der Waals surface area contributed by atoms with Crippen molar-refractivity contribution < 1.29 is 9.53 Å². The third-order valence-electron chi connectivity index (χ3n) is 2.97. The van der Waals surface area contributed by atoms with Gasteiger partial charge >= 0.3 is 6.03 Å². The first-order valence-corrected chi connectivity index (χ1v) is 6.46. The van der Waals surface area contributed by atoms with Crippen LogP contribution in [0, 0.1) is 6.92 Å². The molecule has 1 saturated heterocycles. The Bertz CT molecular complexity index is 411. The molecule has 1 heterocycles. The zero-order valence-corrected chi connectivity index (χ0v) is 11.1. The predicted octanol–water partition coefficient (Wildman–Crippen LogP) is 2.95. The van der Waals surface area contributed by atoms with Crippen LogP contribution in [0.25, 0.3) is 0 Å². The first-order valence-electron chi connectivity index (χ1n) is 6.08. The fourth-order valence-electron chi connectivity index (χ4n) is 1.96.